The highest BCUT2D eigenvalue weighted by molar-refractivity contribution is 5.90. The molecule has 0 aromatic carbocycles. The molecule has 3 aliphatic rings. The molecule has 0 aliphatic heterocycles. The summed E-state index contributed by atoms with van der Waals surface area (Å²) in [5.41, 5.74) is 1.24. The molecule has 3 fully saturated rings. The van der Waals surface area contributed by atoms with Crippen LogP contribution in [0.4, 0.5) is 0 Å². The third kappa shape index (κ3) is 4.83. The molecule has 0 heterocycles. The molecule has 0 saturated heterocycles. The van der Waals surface area contributed by atoms with E-state index < -0.39 is 5.97 Å². The van der Waals surface area contributed by atoms with E-state index in [0.29, 0.717) is 23.7 Å². The maximum atomic E-state index is 11.1. The number of nitrogens with zero attached hydrogens (tertiary/aromatic N) is 1. The standard InChI is InChI=1S/C27H47NO3/c1-18(2)8-6-9-19(3)21-12-13-22-20-11-14-24(28-31)27(5,16-7-10-25(29)30)23(20)15-17-26(21,22)4/h18-23,31H,6-17H2,1-5H3,(H,29,30)/b28-24+/t19-,20+,21-,22+,23+,26-,27-/m1/s1. The summed E-state index contributed by atoms with van der Waals surface area (Å²) in [4.78, 5) is 11.1. The molecule has 0 bridgehead atoms. The summed E-state index contributed by atoms with van der Waals surface area (Å²) in [6, 6.07) is 0. The zero-order chi connectivity index (χ0) is 22.8. The van der Waals surface area contributed by atoms with Gasteiger partial charge in [-0.3, -0.25) is 4.79 Å². The molecule has 7 atom stereocenters. The molecule has 0 aromatic rings. The van der Waals surface area contributed by atoms with Crippen LogP contribution in [0.5, 0.6) is 0 Å². The Morgan fingerprint density at radius 2 is 1.81 bits per heavy atom. The lowest BCUT2D eigenvalue weighted by Crippen LogP contribution is -2.52. The van der Waals surface area contributed by atoms with Crippen LogP contribution < -0.4 is 0 Å². The van der Waals surface area contributed by atoms with E-state index in [1.807, 2.05) is 0 Å². The highest BCUT2D eigenvalue weighted by atomic mass is 16.4. The molecule has 0 aromatic heterocycles. The van der Waals surface area contributed by atoms with Crippen LogP contribution in [0.15, 0.2) is 5.16 Å². The Morgan fingerprint density at radius 1 is 1.06 bits per heavy atom. The predicted molar refractivity (Wildman–Crippen MR) is 126 cm³/mol. The van der Waals surface area contributed by atoms with Crippen molar-refractivity contribution < 1.29 is 15.1 Å². The summed E-state index contributed by atoms with van der Waals surface area (Å²) in [6.07, 6.45) is 13.0. The molecule has 4 nitrogen and oxygen atoms in total. The van der Waals surface area contributed by atoms with Crippen LogP contribution in [0.25, 0.3) is 0 Å². The van der Waals surface area contributed by atoms with E-state index in [2.05, 4.69) is 39.8 Å². The Balaban J connectivity index is 1.74. The van der Waals surface area contributed by atoms with Gasteiger partial charge in [0, 0.05) is 11.8 Å². The maximum Gasteiger partial charge on any atom is 0.303 e. The molecular formula is C27H47NO3. The minimum atomic E-state index is -0.722. The number of hydrogen-bond acceptors (Lipinski definition) is 3. The minimum absolute atomic E-state index is 0.143. The number of carboxylic acids is 1. The molecule has 3 aliphatic carbocycles. The maximum absolute atomic E-state index is 11.1. The first-order valence-corrected chi connectivity index (χ1v) is 13.1. The van der Waals surface area contributed by atoms with Crippen LogP contribution >= 0.6 is 0 Å². The summed E-state index contributed by atoms with van der Waals surface area (Å²) < 4.78 is 0. The zero-order valence-corrected chi connectivity index (χ0v) is 20.7. The van der Waals surface area contributed by atoms with Crippen LogP contribution in [0.2, 0.25) is 0 Å². The molecule has 0 amide bonds. The van der Waals surface area contributed by atoms with Gasteiger partial charge in [-0.2, -0.15) is 0 Å². The van der Waals surface area contributed by atoms with Crippen LogP contribution in [0, 0.1) is 46.3 Å². The highest BCUT2D eigenvalue weighted by Gasteiger charge is 2.59. The van der Waals surface area contributed by atoms with E-state index in [1.54, 1.807) is 0 Å². The molecule has 0 radical (unpaired) electrons. The van der Waals surface area contributed by atoms with Gasteiger partial charge in [0.05, 0.1) is 5.71 Å². The molecule has 0 spiro atoms. The Bertz CT molecular complexity index is 659. The third-order valence-electron chi connectivity index (χ3n) is 10.0. The number of hydrogen-bond donors (Lipinski definition) is 2. The lowest BCUT2D eigenvalue weighted by atomic mass is 9.47. The second-order valence-corrected chi connectivity index (χ2v) is 12.2. The fourth-order valence-electron chi connectivity index (χ4n) is 8.41. The Labute approximate surface area is 190 Å². The number of fused-ring (bicyclic) bond motifs is 3. The Kier molecular flexibility index (Phi) is 7.79. The first kappa shape index (κ1) is 24.6. The van der Waals surface area contributed by atoms with Crippen LogP contribution in [-0.4, -0.2) is 22.0 Å². The summed E-state index contributed by atoms with van der Waals surface area (Å²) >= 11 is 0. The first-order valence-electron chi connectivity index (χ1n) is 13.1. The van der Waals surface area contributed by atoms with Gasteiger partial charge in [0.25, 0.3) is 0 Å². The second kappa shape index (κ2) is 9.83. The number of oxime groups is 1. The molecule has 178 valence electrons. The van der Waals surface area contributed by atoms with Crippen molar-refractivity contribution in [3.63, 3.8) is 0 Å². The van der Waals surface area contributed by atoms with Crippen molar-refractivity contribution in [2.24, 2.45) is 51.5 Å². The number of aliphatic carboxylic acids is 1. The Hall–Kier alpha value is -1.06. The van der Waals surface area contributed by atoms with Gasteiger partial charge < -0.3 is 10.3 Å². The molecular weight excluding hydrogens is 386 g/mol. The van der Waals surface area contributed by atoms with E-state index in [1.165, 1.54) is 44.9 Å². The number of rotatable bonds is 9. The van der Waals surface area contributed by atoms with Crippen molar-refractivity contribution in [1.82, 2.24) is 0 Å². The van der Waals surface area contributed by atoms with Crippen LogP contribution in [-0.2, 0) is 4.79 Å². The summed E-state index contributed by atoms with van der Waals surface area (Å²) in [6.45, 7) is 12.0. The largest absolute Gasteiger partial charge is 0.481 e. The second-order valence-electron chi connectivity index (χ2n) is 12.2. The van der Waals surface area contributed by atoms with E-state index in [4.69, 9.17) is 5.11 Å². The fraction of sp³-hybridized carbons (Fsp3) is 0.926. The van der Waals surface area contributed by atoms with E-state index in [-0.39, 0.29) is 11.8 Å². The fourth-order valence-corrected chi connectivity index (χ4v) is 8.41. The Morgan fingerprint density at radius 3 is 2.45 bits per heavy atom. The predicted octanol–water partition coefficient (Wildman–Crippen LogP) is 7.39. The van der Waals surface area contributed by atoms with Gasteiger partial charge in [-0.1, -0.05) is 59.0 Å². The molecule has 0 unspecified atom stereocenters. The van der Waals surface area contributed by atoms with E-state index in [9.17, 15) is 10.0 Å². The van der Waals surface area contributed by atoms with Crippen molar-refractivity contribution in [3.8, 4) is 0 Å². The topological polar surface area (TPSA) is 69.9 Å². The van der Waals surface area contributed by atoms with E-state index in [0.717, 1.165) is 48.6 Å². The highest BCUT2D eigenvalue weighted by Crippen LogP contribution is 2.66. The molecule has 3 rings (SSSR count). The summed E-state index contributed by atoms with van der Waals surface area (Å²) in [5.74, 6) is 3.75. The van der Waals surface area contributed by atoms with Gasteiger partial charge in [-0.05, 0) is 92.3 Å². The van der Waals surface area contributed by atoms with Crippen molar-refractivity contribution >= 4 is 11.7 Å². The SMILES string of the molecule is CC(C)CCC[C@@H](C)[C@H]1CC[C@H]2[C@@H]3CC/C(=N\O)[C@](C)(CCCC(=O)O)[C@H]3CC[C@]12C. The first-order chi connectivity index (χ1) is 14.6. The lowest BCUT2D eigenvalue weighted by molar-refractivity contribution is -0.137. The molecule has 31 heavy (non-hydrogen) atoms. The third-order valence-corrected chi connectivity index (χ3v) is 10.0. The summed E-state index contributed by atoms with van der Waals surface area (Å²) in [7, 11) is 0. The minimum Gasteiger partial charge on any atom is -0.481 e. The number of carboxylic acid groups (broad SMARTS) is 1. The van der Waals surface area contributed by atoms with Crippen molar-refractivity contribution in [2.45, 2.75) is 112 Å². The number of carbonyl (C=O) groups is 1. The van der Waals surface area contributed by atoms with Crippen LogP contribution in [0.1, 0.15) is 112 Å². The van der Waals surface area contributed by atoms with E-state index >= 15 is 0 Å². The van der Waals surface area contributed by atoms with Gasteiger partial charge in [0.15, 0.2) is 0 Å². The van der Waals surface area contributed by atoms with Crippen molar-refractivity contribution in [1.29, 1.82) is 0 Å². The molecule has 4 heteroatoms. The molecule has 3 saturated carbocycles. The van der Waals surface area contributed by atoms with Gasteiger partial charge in [-0.25, -0.2) is 0 Å². The van der Waals surface area contributed by atoms with Gasteiger partial charge >= 0.3 is 5.97 Å². The average Bonchev–Trinajstić information content (AvgIpc) is 3.05. The zero-order valence-electron chi connectivity index (χ0n) is 20.7. The lowest BCUT2D eigenvalue weighted by Gasteiger charge is -2.57. The average molecular weight is 434 g/mol. The smallest absolute Gasteiger partial charge is 0.303 e. The monoisotopic (exact) mass is 433 g/mol. The summed E-state index contributed by atoms with van der Waals surface area (Å²) in [5, 5.41) is 22.7. The quantitative estimate of drug-likeness (QED) is 0.294. The normalized spacial score (nSPS) is 40.0. The van der Waals surface area contributed by atoms with Crippen molar-refractivity contribution in [2.75, 3.05) is 0 Å². The molecule has 2 N–H and O–H groups in total. The van der Waals surface area contributed by atoms with Gasteiger partial charge in [0.1, 0.15) is 0 Å². The van der Waals surface area contributed by atoms with Crippen molar-refractivity contribution in [3.05, 3.63) is 0 Å². The van der Waals surface area contributed by atoms with Gasteiger partial charge in [-0.15, -0.1) is 0 Å². The van der Waals surface area contributed by atoms with Crippen LogP contribution in [0.3, 0.4) is 0 Å². The van der Waals surface area contributed by atoms with Gasteiger partial charge in [0.2, 0.25) is 0 Å².